The molecule has 0 radical (unpaired) electrons. The van der Waals surface area contributed by atoms with E-state index in [1.807, 2.05) is 6.92 Å². The normalized spacial score (nSPS) is 12.9. The van der Waals surface area contributed by atoms with Gasteiger partial charge in [-0.15, -0.1) is 0 Å². The first kappa shape index (κ1) is 17.7. The number of nitro groups is 1. The quantitative estimate of drug-likeness (QED) is 0.578. The van der Waals surface area contributed by atoms with E-state index in [0.29, 0.717) is 25.2 Å². The molecule has 0 fully saturated rings. The average molecular weight is 337 g/mol. The molecule has 1 aromatic rings. The summed E-state index contributed by atoms with van der Waals surface area (Å²) in [5.41, 5.74) is -0.103. The molecule has 0 heterocycles. The van der Waals surface area contributed by atoms with Gasteiger partial charge in [-0.2, -0.15) is 0 Å². The molecule has 1 unspecified atom stereocenters. The van der Waals surface area contributed by atoms with Crippen molar-refractivity contribution in [3.8, 4) is 5.75 Å². The molecule has 1 aromatic carbocycles. The van der Waals surface area contributed by atoms with Crippen molar-refractivity contribution in [1.82, 2.24) is 0 Å². The molecule has 0 saturated carbocycles. The standard InChI is InChI=1S/C12H17ClN2O5S/c1-9(5-7-21(14,18)19)4-6-20-12-3-2-10(15(16)17)8-11(12)13/h2-3,8-9H,4-7H2,1H3,(H2,14,18,19). The van der Waals surface area contributed by atoms with Crippen molar-refractivity contribution in [1.29, 1.82) is 0 Å². The zero-order chi connectivity index (χ0) is 16.0. The van der Waals surface area contributed by atoms with E-state index in [2.05, 4.69) is 0 Å². The summed E-state index contributed by atoms with van der Waals surface area (Å²) < 4.78 is 27.1. The summed E-state index contributed by atoms with van der Waals surface area (Å²) in [7, 11) is -3.44. The Labute approximate surface area is 128 Å². The van der Waals surface area contributed by atoms with Crippen molar-refractivity contribution in [2.45, 2.75) is 19.8 Å². The Morgan fingerprint density at radius 3 is 2.62 bits per heavy atom. The summed E-state index contributed by atoms with van der Waals surface area (Å²) in [5.74, 6) is 0.424. The number of halogens is 1. The second-order valence-electron chi connectivity index (χ2n) is 4.77. The summed E-state index contributed by atoms with van der Waals surface area (Å²) in [6.07, 6.45) is 1.08. The minimum Gasteiger partial charge on any atom is -0.492 e. The number of primary sulfonamides is 1. The largest absolute Gasteiger partial charge is 0.492 e. The van der Waals surface area contributed by atoms with E-state index in [4.69, 9.17) is 21.5 Å². The van der Waals surface area contributed by atoms with Gasteiger partial charge in [-0.3, -0.25) is 10.1 Å². The van der Waals surface area contributed by atoms with Crippen LogP contribution >= 0.6 is 11.6 Å². The molecule has 0 aliphatic carbocycles. The van der Waals surface area contributed by atoms with Crippen LogP contribution in [0.3, 0.4) is 0 Å². The van der Waals surface area contributed by atoms with Crippen molar-refractivity contribution in [3.05, 3.63) is 33.3 Å². The van der Waals surface area contributed by atoms with Crippen LogP contribution in [0.2, 0.25) is 5.02 Å². The second-order valence-corrected chi connectivity index (χ2v) is 6.91. The highest BCUT2D eigenvalue weighted by molar-refractivity contribution is 7.89. The molecule has 21 heavy (non-hydrogen) atoms. The SMILES string of the molecule is CC(CCOc1ccc([N+](=O)[O-])cc1Cl)CCS(N)(=O)=O. The fraction of sp³-hybridized carbons (Fsp3) is 0.500. The van der Waals surface area contributed by atoms with E-state index in [-0.39, 0.29) is 22.4 Å². The highest BCUT2D eigenvalue weighted by atomic mass is 35.5. The molecule has 9 heteroatoms. The number of hydrogen-bond acceptors (Lipinski definition) is 5. The predicted octanol–water partition coefficient (Wildman–Crippen LogP) is 2.33. The van der Waals surface area contributed by atoms with E-state index >= 15 is 0 Å². The van der Waals surface area contributed by atoms with E-state index < -0.39 is 14.9 Å². The number of nitro benzene ring substituents is 1. The first-order valence-corrected chi connectivity index (χ1v) is 8.35. The average Bonchev–Trinajstić information content (AvgIpc) is 2.37. The predicted molar refractivity (Wildman–Crippen MR) is 80.0 cm³/mol. The third-order valence-corrected chi connectivity index (χ3v) is 3.99. The zero-order valence-corrected chi connectivity index (χ0v) is 13.1. The smallest absolute Gasteiger partial charge is 0.271 e. The van der Waals surface area contributed by atoms with Gasteiger partial charge < -0.3 is 4.74 Å². The number of nitrogens with zero attached hydrogens (tertiary/aromatic N) is 1. The van der Waals surface area contributed by atoms with Gasteiger partial charge in [-0.1, -0.05) is 18.5 Å². The lowest BCUT2D eigenvalue weighted by Gasteiger charge is -2.12. The van der Waals surface area contributed by atoms with Crippen LogP contribution in [0.1, 0.15) is 19.8 Å². The van der Waals surface area contributed by atoms with Gasteiger partial charge >= 0.3 is 0 Å². The van der Waals surface area contributed by atoms with Crippen LogP contribution in [-0.4, -0.2) is 25.7 Å². The minimum atomic E-state index is -3.44. The fourth-order valence-electron chi connectivity index (χ4n) is 1.60. The Morgan fingerprint density at radius 1 is 1.43 bits per heavy atom. The van der Waals surface area contributed by atoms with Gasteiger partial charge in [0.05, 0.1) is 22.3 Å². The van der Waals surface area contributed by atoms with Crippen LogP contribution < -0.4 is 9.88 Å². The molecule has 0 aliphatic heterocycles. The summed E-state index contributed by atoms with van der Waals surface area (Å²) >= 11 is 5.88. The summed E-state index contributed by atoms with van der Waals surface area (Å²) in [5, 5.41) is 15.7. The maximum absolute atomic E-state index is 10.8. The highest BCUT2D eigenvalue weighted by Crippen LogP contribution is 2.28. The van der Waals surface area contributed by atoms with E-state index in [1.54, 1.807) is 0 Å². The Morgan fingerprint density at radius 2 is 2.10 bits per heavy atom. The van der Waals surface area contributed by atoms with Gasteiger partial charge in [-0.25, -0.2) is 13.6 Å². The molecule has 0 spiro atoms. The van der Waals surface area contributed by atoms with Gasteiger partial charge in [0.25, 0.3) is 5.69 Å². The van der Waals surface area contributed by atoms with E-state index in [1.165, 1.54) is 18.2 Å². The van der Waals surface area contributed by atoms with Crippen LogP contribution in [0.25, 0.3) is 0 Å². The number of benzene rings is 1. The number of hydrogen-bond donors (Lipinski definition) is 1. The van der Waals surface area contributed by atoms with Crippen molar-refractivity contribution in [2.24, 2.45) is 11.1 Å². The molecule has 7 nitrogen and oxygen atoms in total. The number of nitrogens with two attached hydrogens (primary N) is 1. The maximum Gasteiger partial charge on any atom is 0.271 e. The Balaban J connectivity index is 2.44. The highest BCUT2D eigenvalue weighted by Gasteiger charge is 2.12. The number of rotatable bonds is 8. The molecule has 1 rings (SSSR count). The van der Waals surface area contributed by atoms with Crippen LogP contribution in [0, 0.1) is 16.0 Å². The fourth-order valence-corrected chi connectivity index (χ4v) is 2.56. The van der Waals surface area contributed by atoms with Crippen molar-refractivity contribution < 1.29 is 18.1 Å². The molecular formula is C12H17ClN2O5S. The summed E-state index contributed by atoms with van der Waals surface area (Å²) in [6, 6.07) is 3.97. The molecule has 0 aromatic heterocycles. The van der Waals surface area contributed by atoms with Gasteiger partial charge in [0.2, 0.25) is 10.0 Å². The lowest BCUT2D eigenvalue weighted by Crippen LogP contribution is -2.18. The zero-order valence-electron chi connectivity index (χ0n) is 11.5. The lowest BCUT2D eigenvalue weighted by atomic mass is 10.1. The summed E-state index contributed by atoms with van der Waals surface area (Å²) in [4.78, 5) is 10.0. The number of ether oxygens (including phenoxy) is 1. The maximum atomic E-state index is 10.8. The Bertz CT molecular complexity index is 606. The van der Waals surface area contributed by atoms with Crippen molar-refractivity contribution in [2.75, 3.05) is 12.4 Å². The Hall–Kier alpha value is -1.38. The minimum absolute atomic E-state index is 0.0630. The van der Waals surface area contributed by atoms with Gasteiger partial charge in [0.1, 0.15) is 5.75 Å². The molecule has 0 bridgehead atoms. The third kappa shape index (κ3) is 6.74. The first-order chi connectivity index (χ1) is 9.69. The molecule has 0 saturated heterocycles. The van der Waals surface area contributed by atoms with Crippen LogP contribution in [-0.2, 0) is 10.0 Å². The van der Waals surface area contributed by atoms with E-state index in [9.17, 15) is 18.5 Å². The molecular weight excluding hydrogens is 320 g/mol. The Kier molecular flexibility index (Phi) is 6.38. The topological polar surface area (TPSA) is 113 Å². The van der Waals surface area contributed by atoms with Crippen LogP contribution in [0.5, 0.6) is 5.75 Å². The van der Waals surface area contributed by atoms with E-state index in [0.717, 1.165) is 0 Å². The van der Waals surface area contributed by atoms with Crippen LogP contribution in [0.15, 0.2) is 18.2 Å². The third-order valence-electron chi connectivity index (χ3n) is 2.89. The molecule has 0 amide bonds. The van der Waals surface area contributed by atoms with Gasteiger partial charge in [0.15, 0.2) is 0 Å². The van der Waals surface area contributed by atoms with Gasteiger partial charge in [0, 0.05) is 12.1 Å². The van der Waals surface area contributed by atoms with Crippen molar-refractivity contribution >= 4 is 27.3 Å². The molecule has 118 valence electrons. The molecule has 0 aliphatic rings. The number of sulfonamides is 1. The summed E-state index contributed by atoms with van der Waals surface area (Å²) in [6.45, 7) is 2.23. The van der Waals surface area contributed by atoms with Crippen molar-refractivity contribution in [3.63, 3.8) is 0 Å². The number of non-ortho nitro benzene ring substituents is 1. The first-order valence-electron chi connectivity index (χ1n) is 6.26. The molecule has 1 atom stereocenters. The monoisotopic (exact) mass is 336 g/mol. The van der Waals surface area contributed by atoms with Gasteiger partial charge in [-0.05, 0) is 24.8 Å². The molecule has 2 N–H and O–H groups in total. The lowest BCUT2D eigenvalue weighted by molar-refractivity contribution is -0.384. The second kappa shape index (κ2) is 7.58. The van der Waals surface area contributed by atoms with Crippen LogP contribution in [0.4, 0.5) is 5.69 Å².